The van der Waals surface area contributed by atoms with Gasteiger partial charge in [0, 0.05) is 41.9 Å². The number of ether oxygens (including phenoxy) is 2. The molecule has 0 fully saturated rings. The first-order valence-electron chi connectivity index (χ1n) is 10.2. The standard InChI is InChI=1S/C23H27N5O4S/c1-4-19(31-14-13-26-33(3,29)30)7-5-6-11-24-23-25-12-10-22(28-23)32-20-8-9-21-18(16-20)15-17(2)27-21/h4-10,12,15-16,26-27H,1,11,13-14H2,2-3H3,(H,24,25,28)/b6-5-,19-7+. The Morgan fingerprint density at radius 2 is 2.12 bits per heavy atom. The SMILES string of the molecule is C=C/C(=C\C=C/CNc1nccc(Oc2ccc3[nH]c(C)cc3c2)n1)OCCNS(C)(=O)=O. The van der Waals surface area contributed by atoms with Crippen LogP contribution in [-0.2, 0) is 14.8 Å². The molecule has 2 aromatic heterocycles. The number of benzene rings is 1. The van der Waals surface area contributed by atoms with Gasteiger partial charge in [-0.3, -0.25) is 0 Å². The Bertz CT molecular complexity index is 1260. The van der Waals surface area contributed by atoms with Crippen LogP contribution in [0.5, 0.6) is 11.6 Å². The molecule has 3 N–H and O–H groups in total. The number of rotatable bonds is 12. The number of allylic oxidation sites excluding steroid dienone is 3. The van der Waals surface area contributed by atoms with E-state index in [-0.39, 0.29) is 13.2 Å². The summed E-state index contributed by atoms with van der Waals surface area (Å²) in [6.07, 6.45) is 9.66. The lowest BCUT2D eigenvalue weighted by Crippen LogP contribution is -2.25. The third kappa shape index (κ3) is 8.09. The second-order valence-electron chi connectivity index (χ2n) is 7.12. The molecule has 9 nitrogen and oxygen atoms in total. The van der Waals surface area contributed by atoms with Gasteiger partial charge in [0.2, 0.25) is 21.9 Å². The first-order valence-corrected chi connectivity index (χ1v) is 12.1. The summed E-state index contributed by atoms with van der Waals surface area (Å²) in [6.45, 7) is 6.56. The molecule has 10 heteroatoms. The Balaban J connectivity index is 1.48. The van der Waals surface area contributed by atoms with Crippen LogP contribution in [0.25, 0.3) is 10.9 Å². The smallest absolute Gasteiger partial charge is 0.226 e. The Hall–Kier alpha value is -3.63. The zero-order valence-corrected chi connectivity index (χ0v) is 19.4. The molecular formula is C23H27N5O4S. The fourth-order valence-corrected chi connectivity index (χ4v) is 3.33. The summed E-state index contributed by atoms with van der Waals surface area (Å²) in [6, 6.07) is 9.58. The van der Waals surface area contributed by atoms with E-state index in [1.54, 1.807) is 30.5 Å². The highest BCUT2D eigenvalue weighted by atomic mass is 32.2. The third-order valence-electron chi connectivity index (χ3n) is 4.29. The van der Waals surface area contributed by atoms with Gasteiger partial charge < -0.3 is 19.8 Å². The number of H-pyrrole nitrogens is 1. The first kappa shape index (κ1) is 24.0. The van der Waals surface area contributed by atoms with Gasteiger partial charge in [-0.05, 0) is 43.3 Å². The number of sulfonamides is 1. The van der Waals surface area contributed by atoms with Crippen molar-refractivity contribution in [3.05, 3.63) is 78.9 Å². The summed E-state index contributed by atoms with van der Waals surface area (Å²) in [5.74, 6) is 2.10. The first-order chi connectivity index (χ1) is 15.8. The van der Waals surface area contributed by atoms with Gasteiger partial charge in [-0.25, -0.2) is 18.1 Å². The Kier molecular flexibility index (Phi) is 8.22. The lowest BCUT2D eigenvalue weighted by Gasteiger charge is -2.07. The van der Waals surface area contributed by atoms with E-state index in [1.807, 2.05) is 31.2 Å². The number of nitrogens with zero attached hydrogens (tertiary/aromatic N) is 2. The van der Waals surface area contributed by atoms with E-state index in [4.69, 9.17) is 9.47 Å². The van der Waals surface area contributed by atoms with Crippen molar-refractivity contribution >= 4 is 26.9 Å². The Morgan fingerprint density at radius 1 is 1.27 bits per heavy atom. The fraction of sp³-hybridized carbons (Fsp3) is 0.217. The second kappa shape index (κ2) is 11.3. The maximum Gasteiger partial charge on any atom is 0.226 e. The van der Waals surface area contributed by atoms with Gasteiger partial charge in [0.15, 0.2) is 0 Å². The highest BCUT2D eigenvalue weighted by Gasteiger charge is 2.04. The molecule has 0 unspecified atom stereocenters. The fourth-order valence-electron chi connectivity index (χ4n) is 2.88. The van der Waals surface area contributed by atoms with E-state index in [9.17, 15) is 8.42 Å². The number of nitrogens with one attached hydrogen (secondary N) is 3. The molecule has 0 amide bonds. The van der Waals surface area contributed by atoms with Crippen LogP contribution in [0.15, 0.2) is 73.2 Å². The van der Waals surface area contributed by atoms with Crippen molar-refractivity contribution in [1.29, 1.82) is 0 Å². The minimum Gasteiger partial charge on any atom is -0.492 e. The number of aromatic amines is 1. The van der Waals surface area contributed by atoms with E-state index in [2.05, 4.69) is 37.6 Å². The summed E-state index contributed by atoms with van der Waals surface area (Å²) in [4.78, 5) is 11.9. The number of hydrogen-bond acceptors (Lipinski definition) is 7. The molecule has 0 aliphatic carbocycles. The van der Waals surface area contributed by atoms with Crippen molar-refractivity contribution in [2.24, 2.45) is 0 Å². The van der Waals surface area contributed by atoms with Crippen molar-refractivity contribution in [2.45, 2.75) is 6.92 Å². The third-order valence-corrected chi connectivity index (χ3v) is 5.02. The molecule has 0 spiro atoms. The molecule has 33 heavy (non-hydrogen) atoms. The maximum atomic E-state index is 11.0. The predicted molar refractivity (Wildman–Crippen MR) is 130 cm³/mol. The molecule has 3 aromatic rings. The summed E-state index contributed by atoms with van der Waals surface area (Å²) in [5, 5.41) is 4.17. The molecule has 0 saturated carbocycles. The molecule has 0 aliphatic heterocycles. The number of anilines is 1. The monoisotopic (exact) mass is 469 g/mol. The van der Waals surface area contributed by atoms with Gasteiger partial charge in [-0.1, -0.05) is 18.7 Å². The topological polar surface area (TPSA) is 118 Å². The van der Waals surface area contributed by atoms with Crippen LogP contribution in [0.3, 0.4) is 0 Å². The zero-order chi connectivity index (χ0) is 23.7. The van der Waals surface area contributed by atoms with Gasteiger partial charge in [0.25, 0.3) is 0 Å². The number of fused-ring (bicyclic) bond motifs is 1. The molecule has 0 radical (unpaired) electrons. The molecule has 1 aromatic carbocycles. The van der Waals surface area contributed by atoms with Crippen LogP contribution in [-0.4, -0.2) is 49.3 Å². The summed E-state index contributed by atoms with van der Waals surface area (Å²) in [5.41, 5.74) is 2.15. The lowest BCUT2D eigenvalue weighted by molar-refractivity contribution is 0.230. The van der Waals surface area contributed by atoms with E-state index in [1.165, 1.54) is 0 Å². The zero-order valence-electron chi connectivity index (χ0n) is 18.5. The number of aromatic nitrogens is 3. The van der Waals surface area contributed by atoms with E-state index < -0.39 is 10.0 Å². The summed E-state index contributed by atoms with van der Waals surface area (Å²) < 4.78 is 35.7. The van der Waals surface area contributed by atoms with Crippen LogP contribution in [0, 0.1) is 6.92 Å². The Labute approximate surface area is 193 Å². The molecule has 0 atom stereocenters. The molecule has 174 valence electrons. The second-order valence-corrected chi connectivity index (χ2v) is 8.95. The lowest BCUT2D eigenvalue weighted by atomic mass is 10.2. The number of aryl methyl sites for hydroxylation is 1. The largest absolute Gasteiger partial charge is 0.492 e. The van der Waals surface area contributed by atoms with Crippen molar-refractivity contribution in [3.8, 4) is 11.6 Å². The molecule has 0 saturated heterocycles. The van der Waals surface area contributed by atoms with Gasteiger partial charge in [0.05, 0.1) is 6.26 Å². The molecule has 0 bridgehead atoms. The normalized spacial score (nSPS) is 12.2. The van der Waals surface area contributed by atoms with Crippen molar-refractivity contribution in [3.63, 3.8) is 0 Å². The van der Waals surface area contributed by atoms with Crippen molar-refractivity contribution in [1.82, 2.24) is 19.7 Å². The highest BCUT2D eigenvalue weighted by molar-refractivity contribution is 7.88. The van der Waals surface area contributed by atoms with E-state index >= 15 is 0 Å². The van der Waals surface area contributed by atoms with E-state index in [0.717, 1.165) is 22.9 Å². The minimum absolute atomic E-state index is 0.184. The van der Waals surface area contributed by atoms with Crippen LogP contribution in [0.1, 0.15) is 5.69 Å². The molecule has 0 aliphatic rings. The molecule has 2 heterocycles. The van der Waals surface area contributed by atoms with E-state index in [0.29, 0.717) is 29.9 Å². The average Bonchev–Trinajstić information content (AvgIpc) is 3.14. The van der Waals surface area contributed by atoms with Crippen molar-refractivity contribution < 1.29 is 17.9 Å². The van der Waals surface area contributed by atoms with Crippen molar-refractivity contribution in [2.75, 3.05) is 31.3 Å². The average molecular weight is 470 g/mol. The van der Waals surface area contributed by atoms with Gasteiger partial charge >= 0.3 is 0 Å². The summed E-state index contributed by atoms with van der Waals surface area (Å²) in [7, 11) is -3.23. The predicted octanol–water partition coefficient (Wildman–Crippen LogP) is 3.66. The van der Waals surface area contributed by atoms with Gasteiger partial charge in [-0.15, -0.1) is 0 Å². The van der Waals surface area contributed by atoms with Gasteiger partial charge in [0.1, 0.15) is 18.1 Å². The quantitative estimate of drug-likeness (QED) is 0.210. The van der Waals surface area contributed by atoms with Crippen LogP contribution in [0.4, 0.5) is 5.95 Å². The van der Waals surface area contributed by atoms with Crippen LogP contribution >= 0.6 is 0 Å². The maximum absolute atomic E-state index is 11.0. The van der Waals surface area contributed by atoms with Crippen LogP contribution < -0.4 is 14.8 Å². The molecular weight excluding hydrogens is 442 g/mol. The molecule has 3 rings (SSSR count). The minimum atomic E-state index is -3.23. The number of hydrogen-bond donors (Lipinski definition) is 3. The summed E-state index contributed by atoms with van der Waals surface area (Å²) >= 11 is 0. The van der Waals surface area contributed by atoms with Gasteiger partial charge in [-0.2, -0.15) is 4.98 Å². The van der Waals surface area contributed by atoms with Crippen LogP contribution in [0.2, 0.25) is 0 Å². The highest BCUT2D eigenvalue weighted by Crippen LogP contribution is 2.25. The Morgan fingerprint density at radius 3 is 2.91 bits per heavy atom.